The smallest absolute Gasteiger partial charge is 0.338 e. The third kappa shape index (κ3) is 3.09. The summed E-state index contributed by atoms with van der Waals surface area (Å²) in [5.41, 5.74) is 0.635. The molecule has 1 aliphatic rings. The molecule has 114 valence electrons. The number of hydrogen-bond acceptors (Lipinski definition) is 3. The van der Waals surface area contributed by atoms with Crippen LogP contribution in [0.15, 0.2) is 24.3 Å². The molecule has 4 heteroatoms. The van der Waals surface area contributed by atoms with Gasteiger partial charge in [0, 0.05) is 0 Å². The van der Waals surface area contributed by atoms with Crippen LogP contribution in [-0.2, 0) is 9.53 Å². The van der Waals surface area contributed by atoms with Gasteiger partial charge in [-0.05, 0) is 44.7 Å². The van der Waals surface area contributed by atoms with Gasteiger partial charge in [-0.2, -0.15) is 0 Å². The zero-order chi connectivity index (χ0) is 15.5. The molecule has 0 radical (unpaired) electrons. The van der Waals surface area contributed by atoms with Gasteiger partial charge >= 0.3 is 11.9 Å². The topological polar surface area (TPSA) is 63.6 Å². The fraction of sp³-hybridized carbons (Fsp3) is 0.529. The summed E-state index contributed by atoms with van der Waals surface area (Å²) >= 11 is 0. The Kier molecular flexibility index (Phi) is 4.66. The minimum atomic E-state index is -0.908. The molecular formula is C17H22O4. The van der Waals surface area contributed by atoms with Gasteiger partial charge in [0.05, 0.1) is 5.56 Å². The van der Waals surface area contributed by atoms with Gasteiger partial charge in [-0.25, -0.2) is 4.79 Å². The average molecular weight is 290 g/mol. The first kappa shape index (κ1) is 15.5. The van der Waals surface area contributed by atoms with E-state index in [0.29, 0.717) is 24.8 Å². The van der Waals surface area contributed by atoms with Gasteiger partial charge in [0.15, 0.2) is 0 Å². The molecule has 1 aromatic rings. The summed E-state index contributed by atoms with van der Waals surface area (Å²) in [6, 6.07) is 7.13. The van der Waals surface area contributed by atoms with Crippen molar-refractivity contribution in [2.75, 3.05) is 0 Å². The lowest BCUT2D eigenvalue weighted by Crippen LogP contribution is -2.41. The van der Waals surface area contributed by atoms with Crippen LogP contribution in [0.3, 0.4) is 0 Å². The van der Waals surface area contributed by atoms with Crippen LogP contribution in [-0.4, -0.2) is 23.1 Å². The molecule has 2 rings (SSSR count). The minimum absolute atomic E-state index is 0.427. The Labute approximate surface area is 125 Å². The predicted molar refractivity (Wildman–Crippen MR) is 79.2 cm³/mol. The lowest BCUT2D eigenvalue weighted by Gasteiger charge is -2.30. The van der Waals surface area contributed by atoms with E-state index in [9.17, 15) is 14.7 Å². The van der Waals surface area contributed by atoms with Crippen LogP contribution in [0, 0.1) is 12.3 Å². The normalized spacial score (nSPS) is 24.8. The van der Waals surface area contributed by atoms with Crippen LogP contribution < -0.4 is 0 Å². The molecule has 1 aromatic carbocycles. The molecule has 0 saturated heterocycles. The van der Waals surface area contributed by atoms with Gasteiger partial charge in [0.1, 0.15) is 11.5 Å². The molecule has 1 saturated carbocycles. The molecule has 0 amide bonds. The van der Waals surface area contributed by atoms with E-state index in [4.69, 9.17) is 4.74 Å². The number of ether oxygens (including phenoxy) is 1. The highest BCUT2D eigenvalue weighted by Gasteiger charge is 2.50. The fourth-order valence-electron chi connectivity index (χ4n) is 3.18. The monoisotopic (exact) mass is 290 g/mol. The standard InChI is InChI=1S/C17H22O4/c1-3-10-17(16(19)20)11-4-5-14(17)21-15(18)13-8-6-12(2)7-9-13/h6-9,14H,3-5,10-11H2,1-2H3,(H,19,20). The molecule has 1 aliphatic carbocycles. The number of carbonyl (C=O) groups excluding carboxylic acids is 1. The maximum Gasteiger partial charge on any atom is 0.338 e. The molecule has 0 heterocycles. The van der Waals surface area contributed by atoms with Crippen molar-refractivity contribution in [2.45, 2.75) is 52.1 Å². The molecule has 2 atom stereocenters. The average Bonchev–Trinajstić information content (AvgIpc) is 2.84. The van der Waals surface area contributed by atoms with Crippen LogP contribution >= 0.6 is 0 Å². The van der Waals surface area contributed by atoms with Crippen LogP contribution in [0.4, 0.5) is 0 Å². The number of hydrogen-bond donors (Lipinski definition) is 1. The second kappa shape index (κ2) is 6.29. The van der Waals surface area contributed by atoms with Crippen LogP contribution in [0.25, 0.3) is 0 Å². The molecule has 0 bridgehead atoms. The first-order chi connectivity index (χ1) is 9.99. The number of carboxylic acids is 1. The number of esters is 1. The molecule has 0 aromatic heterocycles. The maximum atomic E-state index is 12.2. The van der Waals surface area contributed by atoms with Gasteiger partial charge in [-0.3, -0.25) is 4.79 Å². The number of carboxylic acid groups (broad SMARTS) is 1. The van der Waals surface area contributed by atoms with E-state index in [1.807, 2.05) is 26.0 Å². The van der Waals surface area contributed by atoms with Crippen molar-refractivity contribution in [2.24, 2.45) is 5.41 Å². The zero-order valence-corrected chi connectivity index (χ0v) is 12.6. The van der Waals surface area contributed by atoms with E-state index in [0.717, 1.165) is 18.4 Å². The number of aliphatic carboxylic acids is 1. The Balaban J connectivity index is 2.15. The van der Waals surface area contributed by atoms with E-state index in [1.54, 1.807) is 12.1 Å². The van der Waals surface area contributed by atoms with Crippen LogP contribution in [0.5, 0.6) is 0 Å². The quantitative estimate of drug-likeness (QED) is 0.842. The van der Waals surface area contributed by atoms with Gasteiger partial charge in [0.25, 0.3) is 0 Å². The molecular weight excluding hydrogens is 268 g/mol. The van der Waals surface area contributed by atoms with Gasteiger partial charge in [-0.1, -0.05) is 31.0 Å². The molecule has 21 heavy (non-hydrogen) atoms. The minimum Gasteiger partial charge on any atom is -0.481 e. The molecule has 1 fully saturated rings. The Bertz CT molecular complexity index is 520. The first-order valence-electron chi connectivity index (χ1n) is 7.50. The van der Waals surface area contributed by atoms with Gasteiger partial charge in [0.2, 0.25) is 0 Å². The van der Waals surface area contributed by atoms with Crippen molar-refractivity contribution in [3.8, 4) is 0 Å². The molecule has 2 unspecified atom stereocenters. The van der Waals surface area contributed by atoms with Crippen molar-refractivity contribution in [1.82, 2.24) is 0 Å². The summed E-state index contributed by atoms with van der Waals surface area (Å²) in [7, 11) is 0. The second-order valence-corrected chi connectivity index (χ2v) is 5.86. The van der Waals surface area contributed by atoms with Gasteiger partial charge < -0.3 is 9.84 Å². The highest BCUT2D eigenvalue weighted by atomic mass is 16.5. The van der Waals surface area contributed by atoms with Crippen molar-refractivity contribution in [3.05, 3.63) is 35.4 Å². The third-order valence-electron chi connectivity index (χ3n) is 4.36. The highest BCUT2D eigenvalue weighted by Crippen LogP contribution is 2.44. The van der Waals surface area contributed by atoms with E-state index in [1.165, 1.54) is 0 Å². The van der Waals surface area contributed by atoms with Crippen molar-refractivity contribution in [3.63, 3.8) is 0 Å². The van der Waals surface area contributed by atoms with Crippen molar-refractivity contribution >= 4 is 11.9 Å². The Hall–Kier alpha value is -1.84. The molecule has 0 spiro atoms. The van der Waals surface area contributed by atoms with Crippen molar-refractivity contribution in [1.29, 1.82) is 0 Å². The highest BCUT2D eigenvalue weighted by molar-refractivity contribution is 5.90. The van der Waals surface area contributed by atoms with E-state index in [-0.39, 0.29) is 0 Å². The van der Waals surface area contributed by atoms with E-state index < -0.39 is 23.5 Å². The largest absolute Gasteiger partial charge is 0.481 e. The van der Waals surface area contributed by atoms with Crippen molar-refractivity contribution < 1.29 is 19.4 Å². The summed E-state index contributed by atoms with van der Waals surface area (Å²) in [5.74, 6) is -1.27. The summed E-state index contributed by atoms with van der Waals surface area (Å²) in [6.45, 7) is 3.91. The number of carbonyl (C=O) groups is 2. The molecule has 0 aliphatic heterocycles. The predicted octanol–water partition coefficient (Wildman–Crippen LogP) is 3.58. The third-order valence-corrected chi connectivity index (χ3v) is 4.36. The van der Waals surface area contributed by atoms with Crippen LogP contribution in [0.2, 0.25) is 0 Å². The van der Waals surface area contributed by atoms with E-state index in [2.05, 4.69) is 0 Å². The number of rotatable bonds is 5. The summed E-state index contributed by atoms with van der Waals surface area (Å²) < 4.78 is 5.55. The number of benzene rings is 1. The summed E-state index contributed by atoms with van der Waals surface area (Å²) in [4.78, 5) is 23.9. The number of aryl methyl sites for hydroxylation is 1. The SMILES string of the molecule is CCCC1(C(=O)O)CCCC1OC(=O)c1ccc(C)cc1. The maximum absolute atomic E-state index is 12.2. The van der Waals surface area contributed by atoms with Crippen LogP contribution in [0.1, 0.15) is 54.9 Å². The van der Waals surface area contributed by atoms with E-state index >= 15 is 0 Å². The van der Waals surface area contributed by atoms with Gasteiger partial charge in [-0.15, -0.1) is 0 Å². The summed E-state index contributed by atoms with van der Waals surface area (Å²) in [6.07, 6.45) is 2.80. The lowest BCUT2D eigenvalue weighted by atomic mass is 9.80. The molecule has 4 nitrogen and oxygen atoms in total. The molecule has 1 N–H and O–H groups in total. The summed E-state index contributed by atoms with van der Waals surface area (Å²) in [5, 5.41) is 9.59. The first-order valence-corrected chi connectivity index (χ1v) is 7.50. The Morgan fingerprint density at radius 1 is 1.33 bits per heavy atom. The Morgan fingerprint density at radius 3 is 2.57 bits per heavy atom. The Morgan fingerprint density at radius 2 is 2.00 bits per heavy atom. The second-order valence-electron chi connectivity index (χ2n) is 5.86. The fourth-order valence-corrected chi connectivity index (χ4v) is 3.18. The lowest BCUT2D eigenvalue weighted by molar-refractivity contribution is -0.155. The zero-order valence-electron chi connectivity index (χ0n) is 12.6.